The molecule has 156 valence electrons. The number of aromatic carboxylic acids is 1. The summed E-state index contributed by atoms with van der Waals surface area (Å²) in [5.41, 5.74) is 0.638. The third-order valence-electron chi connectivity index (χ3n) is 5.26. The summed E-state index contributed by atoms with van der Waals surface area (Å²) in [6.45, 7) is 0. The maximum atomic E-state index is 14.8. The van der Waals surface area contributed by atoms with Gasteiger partial charge >= 0.3 is 5.97 Å². The number of benzene rings is 3. The molecule has 0 atom stereocenters. The zero-order valence-electron chi connectivity index (χ0n) is 16.0. The Bertz CT molecular complexity index is 1350. The standard InChI is InChI=1S/C23H15ClF2N2O3/c24-16-5-1-3-14(12-7-8-12)21(16)31-22-15-4-2-6-17(25)20(15)28(27-22)19-10-9-13(23(29)30)11-18(19)26/h1-6,9-12H,7-8H2,(H,29,30). The minimum Gasteiger partial charge on any atom is -0.478 e. The number of hydrogen-bond acceptors (Lipinski definition) is 3. The van der Waals surface area contributed by atoms with Gasteiger partial charge in [-0.05, 0) is 60.7 Å². The van der Waals surface area contributed by atoms with E-state index < -0.39 is 17.6 Å². The van der Waals surface area contributed by atoms with Gasteiger partial charge in [-0.1, -0.05) is 29.8 Å². The molecule has 0 aliphatic heterocycles. The van der Waals surface area contributed by atoms with Crippen LogP contribution in [0.15, 0.2) is 54.6 Å². The number of carbonyl (C=O) groups is 1. The van der Waals surface area contributed by atoms with Crippen LogP contribution in [0.25, 0.3) is 16.6 Å². The van der Waals surface area contributed by atoms with E-state index in [0.29, 0.717) is 22.1 Å². The molecule has 5 nitrogen and oxygen atoms in total. The molecular formula is C23H15ClF2N2O3. The molecule has 4 aromatic rings. The van der Waals surface area contributed by atoms with E-state index in [9.17, 15) is 13.6 Å². The molecule has 1 aliphatic carbocycles. The van der Waals surface area contributed by atoms with Gasteiger partial charge in [0, 0.05) is 0 Å². The van der Waals surface area contributed by atoms with E-state index in [0.717, 1.165) is 29.2 Å². The third-order valence-corrected chi connectivity index (χ3v) is 5.55. The minimum atomic E-state index is -1.27. The predicted octanol–water partition coefficient (Wildman–Crippen LogP) is 6.33. The second-order valence-electron chi connectivity index (χ2n) is 7.36. The Morgan fingerprint density at radius 2 is 1.87 bits per heavy atom. The summed E-state index contributed by atoms with van der Waals surface area (Å²) in [7, 11) is 0. The number of hydrogen-bond donors (Lipinski definition) is 1. The first-order chi connectivity index (χ1) is 14.9. The van der Waals surface area contributed by atoms with Crippen molar-refractivity contribution in [3.05, 3.63) is 82.4 Å². The Morgan fingerprint density at radius 3 is 2.58 bits per heavy atom. The fourth-order valence-corrected chi connectivity index (χ4v) is 3.83. The Hall–Kier alpha value is -3.45. The summed E-state index contributed by atoms with van der Waals surface area (Å²) in [4.78, 5) is 11.1. The molecule has 1 saturated carbocycles. The minimum absolute atomic E-state index is 0.0134. The summed E-state index contributed by atoms with van der Waals surface area (Å²) in [6.07, 6.45) is 2.06. The van der Waals surface area contributed by atoms with Crippen LogP contribution in [0.5, 0.6) is 11.6 Å². The molecule has 1 N–H and O–H groups in total. The molecule has 1 aromatic heterocycles. The molecule has 5 rings (SSSR count). The zero-order chi connectivity index (χ0) is 21.7. The molecule has 1 heterocycles. The molecule has 0 bridgehead atoms. The Kier molecular flexibility index (Phi) is 4.63. The number of fused-ring (bicyclic) bond motifs is 1. The van der Waals surface area contributed by atoms with Crippen LogP contribution in [0.3, 0.4) is 0 Å². The highest BCUT2D eigenvalue weighted by Gasteiger charge is 2.29. The number of nitrogens with zero attached hydrogens (tertiary/aromatic N) is 2. The number of carboxylic acid groups (broad SMARTS) is 1. The number of ether oxygens (including phenoxy) is 1. The van der Waals surface area contributed by atoms with Gasteiger partial charge in [-0.15, -0.1) is 5.10 Å². The van der Waals surface area contributed by atoms with Crippen molar-refractivity contribution in [3.63, 3.8) is 0 Å². The molecule has 0 radical (unpaired) electrons. The molecule has 0 unspecified atom stereocenters. The lowest BCUT2D eigenvalue weighted by Gasteiger charge is -2.11. The maximum absolute atomic E-state index is 14.8. The van der Waals surface area contributed by atoms with Crippen LogP contribution < -0.4 is 4.74 Å². The van der Waals surface area contributed by atoms with Crippen LogP contribution in [-0.4, -0.2) is 20.9 Å². The van der Waals surface area contributed by atoms with Gasteiger partial charge < -0.3 is 9.84 Å². The number of halogens is 3. The fourth-order valence-electron chi connectivity index (χ4n) is 3.60. The van der Waals surface area contributed by atoms with Crippen molar-refractivity contribution in [1.29, 1.82) is 0 Å². The van der Waals surface area contributed by atoms with Crippen molar-refractivity contribution < 1.29 is 23.4 Å². The van der Waals surface area contributed by atoms with Crippen LogP contribution in [0.1, 0.15) is 34.7 Å². The largest absolute Gasteiger partial charge is 0.478 e. The number of carboxylic acids is 1. The summed E-state index contributed by atoms with van der Waals surface area (Å²) in [5, 5.41) is 14.1. The third kappa shape index (κ3) is 3.41. The van der Waals surface area contributed by atoms with E-state index in [4.69, 9.17) is 21.4 Å². The van der Waals surface area contributed by atoms with Crippen molar-refractivity contribution in [2.45, 2.75) is 18.8 Å². The highest BCUT2D eigenvalue weighted by atomic mass is 35.5. The average molecular weight is 441 g/mol. The van der Waals surface area contributed by atoms with E-state index in [2.05, 4.69) is 5.10 Å². The van der Waals surface area contributed by atoms with Crippen LogP contribution in [0, 0.1) is 11.6 Å². The monoisotopic (exact) mass is 440 g/mol. The molecule has 31 heavy (non-hydrogen) atoms. The van der Waals surface area contributed by atoms with Gasteiger partial charge in [-0.2, -0.15) is 0 Å². The summed E-state index contributed by atoms with van der Waals surface area (Å²) >= 11 is 6.38. The van der Waals surface area contributed by atoms with E-state index in [1.165, 1.54) is 24.3 Å². The molecule has 0 saturated heterocycles. The second-order valence-corrected chi connectivity index (χ2v) is 7.77. The number of para-hydroxylation sites is 2. The molecule has 8 heteroatoms. The SMILES string of the molecule is O=C(O)c1ccc(-n2nc(Oc3c(Cl)cccc3C3CC3)c3cccc(F)c32)c(F)c1. The molecule has 0 amide bonds. The molecule has 1 fully saturated rings. The highest BCUT2D eigenvalue weighted by Crippen LogP contribution is 2.48. The van der Waals surface area contributed by atoms with Crippen molar-refractivity contribution >= 4 is 28.5 Å². The predicted molar refractivity (Wildman–Crippen MR) is 111 cm³/mol. The normalized spacial score (nSPS) is 13.5. The number of rotatable bonds is 5. The van der Waals surface area contributed by atoms with Gasteiger partial charge in [0.2, 0.25) is 5.88 Å². The molecular weight excluding hydrogens is 426 g/mol. The lowest BCUT2D eigenvalue weighted by Crippen LogP contribution is -2.04. The number of aromatic nitrogens is 2. The first kappa shape index (κ1) is 19.5. The highest BCUT2D eigenvalue weighted by molar-refractivity contribution is 6.32. The van der Waals surface area contributed by atoms with Crippen molar-refractivity contribution in [2.75, 3.05) is 0 Å². The quantitative estimate of drug-likeness (QED) is 0.394. The maximum Gasteiger partial charge on any atom is 0.335 e. The Balaban J connectivity index is 1.68. The summed E-state index contributed by atoms with van der Waals surface area (Å²) in [5.74, 6) is -1.87. The van der Waals surface area contributed by atoms with Crippen molar-refractivity contribution in [3.8, 4) is 17.3 Å². The second kappa shape index (κ2) is 7.35. The topological polar surface area (TPSA) is 64.3 Å². The van der Waals surface area contributed by atoms with Gasteiger partial charge in [-0.3, -0.25) is 0 Å². The summed E-state index contributed by atoms with van der Waals surface area (Å²) in [6, 6.07) is 13.2. The van der Waals surface area contributed by atoms with Gasteiger partial charge in [0.05, 0.1) is 16.0 Å². The molecule has 3 aromatic carbocycles. The smallest absolute Gasteiger partial charge is 0.335 e. The molecule has 0 spiro atoms. The summed E-state index contributed by atoms with van der Waals surface area (Å²) < 4.78 is 36.6. The lowest BCUT2D eigenvalue weighted by atomic mass is 10.1. The van der Waals surface area contributed by atoms with Crippen LogP contribution >= 0.6 is 11.6 Å². The van der Waals surface area contributed by atoms with Gasteiger partial charge in [0.15, 0.2) is 5.75 Å². The average Bonchev–Trinajstić information content (AvgIpc) is 3.52. The Morgan fingerprint density at radius 1 is 1.10 bits per heavy atom. The van der Waals surface area contributed by atoms with Crippen LogP contribution in [0.2, 0.25) is 5.02 Å². The van der Waals surface area contributed by atoms with Crippen LogP contribution in [0.4, 0.5) is 8.78 Å². The van der Waals surface area contributed by atoms with Crippen LogP contribution in [-0.2, 0) is 0 Å². The Labute approximate surface area is 180 Å². The van der Waals surface area contributed by atoms with E-state index in [1.807, 2.05) is 12.1 Å². The first-order valence-electron chi connectivity index (χ1n) is 9.60. The van der Waals surface area contributed by atoms with Gasteiger partial charge in [0.25, 0.3) is 0 Å². The zero-order valence-corrected chi connectivity index (χ0v) is 16.7. The van der Waals surface area contributed by atoms with Crippen molar-refractivity contribution in [1.82, 2.24) is 9.78 Å². The van der Waals surface area contributed by atoms with E-state index in [-0.39, 0.29) is 22.6 Å². The fraction of sp³-hybridized carbons (Fsp3) is 0.130. The van der Waals surface area contributed by atoms with E-state index in [1.54, 1.807) is 12.1 Å². The lowest BCUT2D eigenvalue weighted by molar-refractivity contribution is 0.0696. The molecule has 1 aliphatic rings. The van der Waals surface area contributed by atoms with Gasteiger partial charge in [-0.25, -0.2) is 18.3 Å². The van der Waals surface area contributed by atoms with Crippen molar-refractivity contribution in [2.24, 2.45) is 0 Å². The van der Waals surface area contributed by atoms with Gasteiger partial charge in [0.1, 0.15) is 22.8 Å². The van der Waals surface area contributed by atoms with E-state index >= 15 is 0 Å². The first-order valence-corrected chi connectivity index (χ1v) is 9.98.